The second-order valence-corrected chi connectivity index (χ2v) is 4.30. The maximum absolute atomic E-state index is 13.7. The van der Waals surface area contributed by atoms with Gasteiger partial charge in [-0.2, -0.15) is 5.10 Å². The van der Waals surface area contributed by atoms with Crippen molar-refractivity contribution in [2.75, 3.05) is 13.7 Å². The molecule has 2 rings (SSSR count). The van der Waals surface area contributed by atoms with Crippen molar-refractivity contribution in [2.45, 2.75) is 6.42 Å². The molecule has 1 aromatic heterocycles. The summed E-state index contributed by atoms with van der Waals surface area (Å²) in [5, 5.41) is 6.72. The van der Waals surface area contributed by atoms with Crippen LogP contribution in [-0.2, 0) is 13.5 Å². The van der Waals surface area contributed by atoms with Crippen LogP contribution in [0.25, 0.3) is 0 Å². The van der Waals surface area contributed by atoms with Crippen LogP contribution in [0.5, 0.6) is 5.75 Å². The average molecular weight is 277 g/mol. The van der Waals surface area contributed by atoms with Crippen LogP contribution in [0.2, 0.25) is 0 Å². The number of hydrogen-bond donors (Lipinski definition) is 1. The van der Waals surface area contributed by atoms with E-state index in [-0.39, 0.29) is 5.56 Å². The largest absolute Gasteiger partial charge is 0.497 e. The van der Waals surface area contributed by atoms with E-state index in [4.69, 9.17) is 4.74 Å². The Kier molecular flexibility index (Phi) is 4.34. The Bertz CT molecular complexity index is 610. The number of amides is 1. The lowest BCUT2D eigenvalue weighted by Crippen LogP contribution is -2.27. The molecule has 1 N–H and O–H groups in total. The molecule has 0 saturated heterocycles. The zero-order valence-corrected chi connectivity index (χ0v) is 11.4. The molecule has 1 aromatic carbocycles. The summed E-state index contributed by atoms with van der Waals surface area (Å²) in [5.74, 6) is -0.649. The highest BCUT2D eigenvalue weighted by Gasteiger charge is 2.12. The van der Waals surface area contributed by atoms with Crippen molar-refractivity contribution >= 4 is 5.91 Å². The number of nitrogens with zero attached hydrogens (tertiary/aromatic N) is 2. The zero-order valence-electron chi connectivity index (χ0n) is 11.4. The number of halogens is 1. The number of aromatic nitrogens is 2. The minimum Gasteiger partial charge on any atom is -0.497 e. The Morgan fingerprint density at radius 3 is 2.85 bits per heavy atom. The van der Waals surface area contributed by atoms with E-state index in [1.807, 2.05) is 13.1 Å². The van der Waals surface area contributed by atoms with Gasteiger partial charge in [-0.05, 0) is 18.2 Å². The van der Waals surface area contributed by atoms with Crippen molar-refractivity contribution in [1.29, 1.82) is 0 Å². The third-order valence-electron chi connectivity index (χ3n) is 3.01. The molecular formula is C14H16FN3O2. The molecule has 0 unspecified atom stereocenters. The number of hydrogen-bond acceptors (Lipinski definition) is 3. The summed E-state index contributed by atoms with van der Waals surface area (Å²) in [4.78, 5) is 11.9. The monoisotopic (exact) mass is 277 g/mol. The van der Waals surface area contributed by atoms with Crippen molar-refractivity contribution in [3.05, 3.63) is 47.5 Å². The first-order chi connectivity index (χ1) is 9.61. The van der Waals surface area contributed by atoms with Crippen LogP contribution in [0, 0.1) is 5.82 Å². The molecule has 0 saturated carbocycles. The highest BCUT2D eigenvalue weighted by Crippen LogP contribution is 2.16. The molecule has 0 aliphatic heterocycles. The topological polar surface area (TPSA) is 56.1 Å². The van der Waals surface area contributed by atoms with E-state index >= 15 is 0 Å². The van der Waals surface area contributed by atoms with E-state index in [2.05, 4.69) is 10.4 Å². The van der Waals surface area contributed by atoms with E-state index in [1.54, 1.807) is 16.9 Å². The quantitative estimate of drug-likeness (QED) is 0.902. The molecule has 5 nitrogen and oxygen atoms in total. The molecule has 0 spiro atoms. The highest BCUT2D eigenvalue weighted by atomic mass is 19.1. The standard InChI is InChI=1S/C14H16FN3O2/c1-18-10(6-8-17-18)5-7-16-14(19)12-4-3-11(20-2)9-13(12)15/h3-4,6,8-9H,5,7H2,1-2H3,(H,16,19). The van der Waals surface area contributed by atoms with E-state index in [0.29, 0.717) is 18.7 Å². The van der Waals surface area contributed by atoms with Crippen LogP contribution < -0.4 is 10.1 Å². The van der Waals surface area contributed by atoms with Gasteiger partial charge in [-0.3, -0.25) is 9.48 Å². The van der Waals surface area contributed by atoms with Gasteiger partial charge >= 0.3 is 0 Å². The Hall–Kier alpha value is -2.37. The second kappa shape index (κ2) is 6.18. The molecule has 0 fully saturated rings. The van der Waals surface area contributed by atoms with Crippen LogP contribution in [0.4, 0.5) is 4.39 Å². The lowest BCUT2D eigenvalue weighted by molar-refractivity contribution is 0.0950. The van der Waals surface area contributed by atoms with Crippen molar-refractivity contribution in [3.63, 3.8) is 0 Å². The second-order valence-electron chi connectivity index (χ2n) is 4.30. The van der Waals surface area contributed by atoms with Crippen molar-refractivity contribution in [2.24, 2.45) is 7.05 Å². The molecule has 0 radical (unpaired) electrons. The molecule has 0 bridgehead atoms. The molecule has 6 heteroatoms. The first-order valence-corrected chi connectivity index (χ1v) is 6.20. The van der Waals surface area contributed by atoms with Gasteiger partial charge < -0.3 is 10.1 Å². The van der Waals surface area contributed by atoms with Crippen LogP contribution in [-0.4, -0.2) is 29.3 Å². The van der Waals surface area contributed by atoms with E-state index in [1.165, 1.54) is 19.2 Å². The number of benzene rings is 1. The maximum Gasteiger partial charge on any atom is 0.254 e. The Balaban J connectivity index is 1.93. The Morgan fingerprint density at radius 2 is 2.25 bits per heavy atom. The summed E-state index contributed by atoms with van der Waals surface area (Å²) in [5.41, 5.74) is 1.01. The predicted molar refractivity (Wildman–Crippen MR) is 72.2 cm³/mol. The molecule has 20 heavy (non-hydrogen) atoms. The minimum absolute atomic E-state index is 0.0100. The number of ether oxygens (including phenoxy) is 1. The molecule has 2 aromatic rings. The first kappa shape index (κ1) is 14.0. The smallest absolute Gasteiger partial charge is 0.254 e. The maximum atomic E-state index is 13.7. The third-order valence-corrected chi connectivity index (χ3v) is 3.01. The number of aryl methyl sites for hydroxylation is 1. The van der Waals surface area contributed by atoms with Gasteiger partial charge in [-0.15, -0.1) is 0 Å². The lowest BCUT2D eigenvalue weighted by atomic mass is 10.2. The fraction of sp³-hybridized carbons (Fsp3) is 0.286. The van der Waals surface area contributed by atoms with Gasteiger partial charge in [0, 0.05) is 38.0 Å². The van der Waals surface area contributed by atoms with Gasteiger partial charge in [0.1, 0.15) is 11.6 Å². The number of nitrogens with one attached hydrogen (secondary N) is 1. The molecule has 1 amide bonds. The van der Waals surface area contributed by atoms with Crippen LogP contribution in [0.15, 0.2) is 30.5 Å². The minimum atomic E-state index is -0.595. The summed E-state index contributed by atoms with van der Waals surface area (Å²) in [6.45, 7) is 0.420. The first-order valence-electron chi connectivity index (χ1n) is 6.20. The van der Waals surface area contributed by atoms with Crippen molar-refractivity contribution < 1.29 is 13.9 Å². The fourth-order valence-corrected chi connectivity index (χ4v) is 1.85. The SMILES string of the molecule is COc1ccc(C(=O)NCCc2ccnn2C)c(F)c1. The average Bonchev–Trinajstić information content (AvgIpc) is 2.84. The van der Waals surface area contributed by atoms with Crippen LogP contribution in [0.3, 0.4) is 0 Å². The van der Waals surface area contributed by atoms with E-state index in [0.717, 1.165) is 5.69 Å². The van der Waals surface area contributed by atoms with Crippen molar-refractivity contribution in [1.82, 2.24) is 15.1 Å². The molecule has 0 aliphatic carbocycles. The molecular weight excluding hydrogens is 261 g/mol. The molecule has 0 atom stereocenters. The third kappa shape index (κ3) is 3.14. The van der Waals surface area contributed by atoms with Gasteiger partial charge in [0.15, 0.2) is 0 Å². The summed E-state index contributed by atoms with van der Waals surface area (Å²) in [6.07, 6.45) is 2.33. The number of methoxy groups -OCH3 is 1. The summed E-state index contributed by atoms with van der Waals surface area (Å²) in [6, 6.07) is 6.03. The molecule has 106 valence electrons. The van der Waals surface area contributed by atoms with Crippen LogP contribution in [0.1, 0.15) is 16.1 Å². The Morgan fingerprint density at radius 1 is 1.45 bits per heavy atom. The normalized spacial score (nSPS) is 10.3. The van der Waals surface area contributed by atoms with Crippen molar-refractivity contribution in [3.8, 4) is 5.75 Å². The molecule has 1 heterocycles. The zero-order chi connectivity index (χ0) is 14.5. The number of carbonyl (C=O) groups is 1. The summed E-state index contributed by atoms with van der Waals surface area (Å²) >= 11 is 0. The van der Waals surface area contributed by atoms with Gasteiger partial charge in [0.2, 0.25) is 0 Å². The van der Waals surface area contributed by atoms with E-state index in [9.17, 15) is 9.18 Å². The van der Waals surface area contributed by atoms with Gasteiger partial charge in [0.25, 0.3) is 5.91 Å². The fourth-order valence-electron chi connectivity index (χ4n) is 1.85. The Labute approximate surface area is 116 Å². The van der Waals surface area contributed by atoms with Crippen LogP contribution >= 0.6 is 0 Å². The molecule has 0 aliphatic rings. The van der Waals surface area contributed by atoms with E-state index < -0.39 is 11.7 Å². The highest BCUT2D eigenvalue weighted by molar-refractivity contribution is 5.94. The summed E-state index contributed by atoms with van der Waals surface area (Å²) in [7, 11) is 3.28. The van der Waals surface area contributed by atoms with Gasteiger partial charge in [-0.1, -0.05) is 0 Å². The predicted octanol–water partition coefficient (Wildman–Crippen LogP) is 1.54. The number of rotatable bonds is 5. The lowest BCUT2D eigenvalue weighted by Gasteiger charge is -2.07. The summed E-state index contributed by atoms with van der Waals surface area (Å²) < 4.78 is 20.3. The number of carbonyl (C=O) groups excluding carboxylic acids is 1. The van der Waals surface area contributed by atoms with Gasteiger partial charge in [-0.25, -0.2) is 4.39 Å². The van der Waals surface area contributed by atoms with Gasteiger partial charge in [0.05, 0.1) is 12.7 Å².